The fraction of sp³-hybridized carbons (Fsp3) is 0.286. The largest absolute Gasteiger partial charge is 0.369 e. The first-order valence-corrected chi connectivity index (χ1v) is 12.3. The minimum Gasteiger partial charge on any atom is -0.369 e. The molecule has 2 fully saturated rings. The molecule has 5 aromatic rings. The van der Waals surface area contributed by atoms with Crippen LogP contribution in [0.4, 0.5) is 0 Å². The topological polar surface area (TPSA) is 91.3 Å². The van der Waals surface area contributed by atoms with Crippen molar-refractivity contribution in [2.45, 2.75) is 38.3 Å². The minimum atomic E-state index is -0.822. The Kier molecular flexibility index (Phi) is 2.83. The molecule has 2 aromatic heterocycles. The molecule has 35 heavy (non-hydrogen) atoms. The average Bonchev–Trinajstić information content (AvgIpc) is 3.32. The number of aromatic nitrogens is 2. The van der Waals surface area contributed by atoms with Crippen LogP contribution in [0.1, 0.15) is 41.9 Å². The van der Waals surface area contributed by atoms with Crippen LogP contribution in [0.15, 0.2) is 48.5 Å². The van der Waals surface area contributed by atoms with Gasteiger partial charge in [0.1, 0.15) is 11.6 Å². The number of nitrogens with one attached hydrogen (secondary N) is 1. The van der Waals surface area contributed by atoms with Gasteiger partial charge in [0.2, 0.25) is 5.91 Å². The van der Waals surface area contributed by atoms with Crippen LogP contribution in [-0.2, 0) is 21.8 Å². The van der Waals surface area contributed by atoms with Gasteiger partial charge in [-0.15, -0.1) is 0 Å². The summed E-state index contributed by atoms with van der Waals surface area (Å²) in [5, 5.41) is 7.27. The maximum absolute atomic E-state index is 13.3. The number of fused-ring (bicyclic) bond motifs is 11. The smallest absolute Gasteiger partial charge is 0.252 e. The number of carbonyl (C=O) groups is 2. The van der Waals surface area contributed by atoms with Gasteiger partial charge in [0, 0.05) is 40.4 Å². The molecule has 2 amide bonds. The van der Waals surface area contributed by atoms with Crippen LogP contribution in [0, 0.1) is 11.3 Å². The highest BCUT2D eigenvalue weighted by molar-refractivity contribution is 6.31. The number of para-hydroxylation sites is 2. The lowest BCUT2D eigenvalue weighted by Crippen LogP contribution is -2.32. The van der Waals surface area contributed by atoms with E-state index in [4.69, 9.17) is 10.5 Å². The predicted molar refractivity (Wildman–Crippen MR) is 132 cm³/mol. The maximum Gasteiger partial charge on any atom is 0.252 e. The third kappa shape index (κ3) is 1.60. The van der Waals surface area contributed by atoms with Gasteiger partial charge in [0.25, 0.3) is 5.91 Å². The summed E-state index contributed by atoms with van der Waals surface area (Å²) >= 11 is 0. The van der Waals surface area contributed by atoms with E-state index < -0.39 is 11.1 Å². The summed E-state index contributed by atoms with van der Waals surface area (Å²) in [7, 11) is 0. The number of hydrogen-bond acceptors (Lipinski definition) is 3. The minimum absolute atomic E-state index is 0.00156. The van der Waals surface area contributed by atoms with Crippen molar-refractivity contribution in [3.63, 3.8) is 0 Å². The van der Waals surface area contributed by atoms with E-state index in [0.29, 0.717) is 13.0 Å². The highest BCUT2D eigenvalue weighted by Crippen LogP contribution is 2.79. The van der Waals surface area contributed by atoms with E-state index in [-0.39, 0.29) is 24.0 Å². The fourth-order valence-corrected chi connectivity index (χ4v) is 8.32. The number of hydrogen-bond donors (Lipinski definition) is 2. The normalized spacial score (nSPS) is 29.8. The summed E-state index contributed by atoms with van der Waals surface area (Å²) in [6.07, 6.45) is 0.996. The summed E-state index contributed by atoms with van der Waals surface area (Å²) in [6.45, 7) is 2.61. The van der Waals surface area contributed by atoms with E-state index in [1.165, 1.54) is 0 Å². The van der Waals surface area contributed by atoms with E-state index in [1.54, 1.807) is 0 Å². The van der Waals surface area contributed by atoms with Crippen molar-refractivity contribution >= 4 is 55.4 Å². The summed E-state index contributed by atoms with van der Waals surface area (Å²) in [4.78, 5) is 26.5. The highest BCUT2D eigenvalue weighted by atomic mass is 16.6. The summed E-state index contributed by atoms with van der Waals surface area (Å²) in [5.41, 5.74) is 10.5. The number of ether oxygens (including phenoxy) is 1. The molecule has 1 spiro atoms. The Bertz CT molecular complexity index is 1880. The first-order chi connectivity index (χ1) is 17.1. The number of primary amides is 1. The van der Waals surface area contributed by atoms with E-state index in [1.807, 2.05) is 24.3 Å². The van der Waals surface area contributed by atoms with Gasteiger partial charge in [-0.3, -0.25) is 9.59 Å². The molecule has 3 aliphatic heterocycles. The second-order valence-corrected chi connectivity index (χ2v) is 10.5. The fourth-order valence-electron chi connectivity index (χ4n) is 8.32. The molecule has 3 aromatic carbocycles. The Labute approximate surface area is 199 Å². The number of rotatable bonds is 2. The lowest BCUT2D eigenvalue weighted by Gasteiger charge is -2.22. The Morgan fingerprint density at radius 1 is 1.09 bits per heavy atom. The van der Waals surface area contributed by atoms with Gasteiger partial charge in [-0.2, -0.15) is 0 Å². The third-order valence-corrected chi connectivity index (χ3v) is 9.42. The first-order valence-electron chi connectivity index (χ1n) is 12.3. The molecule has 0 radical (unpaired) electrons. The Morgan fingerprint density at radius 3 is 2.54 bits per heavy atom. The van der Waals surface area contributed by atoms with Crippen molar-refractivity contribution in [3.05, 3.63) is 59.7 Å². The molecule has 3 N–H and O–H groups in total. The van der Waals surface area contributed by atoms with Crippen LogP contribution in [0.5, 0.6) is 0 Å². The Hall–Kier alpha value is -3.84. The van der Waals surface area contributed by atoms with Crippen molar-refractivity contribution < 1.29 is 14.3 Å². The van der Waals surface area contributed by atoms with Crippen LogP contribution < -0.4 is 11.1 Å². The summed E-state index contributed by atoms with van der Waals surface area (Å²) in [6, 6.07) is 16.5. The van der Waals surface area contributed by atoms with Crippen molar-refractivity contribution in [1.82, 2.24) is 14.5 Å². The van der Waals surface area contributed by atoms with Crippen LogP contribution >= 0.6 is 0 Å². The third-order valence-electron chi connectivity index (χ3n) is 9.42. The van der Waals surface area contributed by atoms with Crippen LogP contribution in [0.25, 0.3) is 43.6 Å². The van der Waals surface area contributed by atoms with Gasteiger partial charge in [0.15, 0.2) is 5.72 Å². The standard InChI is InChI=1S/C28H22N4O3/c1-2-18-27(26(29)34)11-19-31-16-9-5-3-7-13(16)21-22-15(12-30-25(22)33)20-14-8-4-6-10-17(14)32(24(20)23(21)31)28(18,27)35-19/h3-10,18-19H,2,11-12H2,1H3,(H2,29,34)(H,30,33)/t18?,19?,27-,28?/m0/s1. The van der Waals surface area contributed by atoms with E-state index in [9.17, 15) is 9.59 Å². The molecule has 9 rings (SSSR count). The molecule has 3 unspecified atom stereocenters. The zero-order valence-corrected chi connectivity index (χ0v) is 19.1. The molecule has 1 saturated carbocycles. The number of benzene rings is 3. The maximum atomic E-state index is 13.3. The first kappa shape index (κ1) is 18.5. The van der Waals surface area contributed by atoms with Crippen molar-refractivity contribution in [1.29, 1.82) is 0 Å². The van der Waals surface area contributed by atoms with Crippen molar-refractivity contribution in [3.8, 4) is 0 Å². The molecule has 7 nitrogen and oxygen atoms in total. The van der Waals surface area contributed by atoms with Gasteiger partial charge in [-0.1, -0.05) is 43.3 Å². The van der Waals surface area contributed by atoms with Crippen LogP contribution in [-0.4, -0.2) is 20.9 Å². The molecular formula is C28H22N4O3. The van der Waals surface area contributed by atoms with Gasteiger partial charge in [-0.05, 0) is 24.1 Å². The SMILES string of the molecule is CCC1C23OC(C[C@@]12C(N)=O)n1c2ccccc2c2c4c(c5c6ccccc6n3c5c21)CNC4=O. The number of nitrogens with zero attached hydrogens (tertiary/aromatic N) is 2. The van der Waals surface area contributed by atoms with Gasteiger partial charge < -0.3 is 24.9 Å². The monoisotopic (exact) mass is 462 g/mol. The Morgan fingerprint density at radius 2 is 1.80 bits per heavy atom. The molecule has 172 valence electrons. The molecule has 4 atom stereocenters. The Balaban J connectivity index is 1.64. The number of nitrogens with two attached hydrogens (primary N) is 1. The number of amides is 2. The van der Waals surface area contributed by atoms with Gasteiger partial charge >= 0.3 is 0 Å². The quantitative estimate of drug-likeness (QED) is 0.411. The van der Waals surface area contributed by atoms with E-state index >= 15 is 0 Å². The van der Waals surface area contributed by atoms with E-state index in [0.717, 1.165) is 61.2 Å². The number of carbonyl (C=O) groups excluding carboxylic acids is 2. The predicted octanol–water partition coefficient (Wildman–Crippen LogP) is 4.24. The molecular weight excluding hydrogens is 440 g/mol. The summed E-state index contributed by atoms with van der Waals surface area (Å²) in [5.74, 6) is -0.312. The van der Waals surface area contributed by atoms with E-state index in [2.05, 4.69) is 45.6 Å². The zero-order valence-electron chi connectivity index (χ0n) is 19.1. The van der Waals surface area contributed by atoms with Gasteiger partial charge in [-0.25, -0.2) is 0 Å². The zero-order chi connectivity index (χ0) is 23.4. The molecule has 2 bridgehead atoms. The molecule has 4 aliphatic rings. The highest BCUT2D eigenvalue weighted by Gasteiger charge is 2.87. The second kappa shape index (κ2) is 5.36. The van der Waals surface area contributed by atoms with Gasteiger partial charge in [0.05, 0.1) is 27.6 Å². The lowest BCUT2D eigenvalue weighted by atomic mass is 9.95. The van der Waals surface area contributed by atoms with Crippen molar-refractivity contribution in [2.24, 2.45) is 17.1 Å². The molecule has 5 heterocycles. The average molecular weight is 463 g/mol. The second-order valence-electron chi connectivity index (χ2n) is 10.5. The molecule has 1 aliphatic carbocycles. The summed E-state index contributed by atoms with van der Waals surface area (Å²) < 4.78 is 11.6. The lowest BCUT2D eigenvalue weighted by molar-refractivity contribution is -0.125. The molecule has 1 saturated heterocycles. The van der Waals surface area contributed by atoms with Crippen LogP contribution in [0.2, 0.25) is 0 Å². The van der Waals surface area contributed by atoms with Crippen molar-refractivity contribution in [2.75, 3.05) is 0 Å². The molecule has 7 heteroatoms. The van der Waals surface area contributed by atoms with Crippen LogP contribution in [0.3, 0.4) is 0 Å².